The average Bonchev–Trinajstić information content (AvgIpc) is 2.42. The van der Waals surface area contributed by atoms with Gasteiger partial charge in [-0.15, -0.1) is 0 Å². The van der Waals surface area contributed by atoms with Gasteiger partial charge < -0.3 is 15.2 Å². The van der Waals surface area contributed by atoms with Crippen LogP contribution in [-0.2, 0) is 9.59 Å². The van der Waals surface area contributed by atoms with Crippen LogP contribution in [0.25, 0.3) is 0 Å². The Morgan fingerprint density at radius 1 is 1.40 bits per heavy atom. The summed E-state index contributed by atoms with van der Waals surface area (Å²) in [4.78, 5) is 32.1. The molecule has 0 aliphatic rings. The fraction of sp³-hybridized carbons (Fsp3) is 0.333. The molecule has 0 aliphatic heterocycles. The number of nitro benzene ring substituents is 1. The molecule has 1 atom stereocenters. The number of hydrogen-bond donors (Lipinski definition) is 2. The van der Waals surface area contributed by atoms with Crippen LogP contribution in [0.2, 0.25) is 0 Å². The molecule has 0 saturated carbocycles. The molecule has 1 aromatic rings. The van der Waals surface area contributed by atoms with E-state index in [1.165, 1.54) is 24.3 Å². The van der Waals surface area contributed by atoms with E-state index in [4.69, 9.17) is 9.84 Å². The predicted octanol–water partition coefficient (Wildman–Crippen LogP) is 0.953. The molecule has 8 nitrogen and oxygen atoms in total. The maximum Gasteiger partial charge on any atom is 0.326 e. The number of rotatable bonds is 7. The van der Waals surface area contributed by atoms with Gasteiger partial charge in [0.2, 0.25) is 0 Å². The minimum atomic E-state index is -1.11. The zero-order chi connectivity index (χ0) is 15.1. The van der Waals surface area contributed by atoms with Crippen LogP contribution < -0.4 is 10.1 Å². The molecular formula is C12H14N2O6. The van der Waals surface area contributed by atoms with Crippen LogP contribution in [0.3, 0.4) is 0 Å². The molecule has 0 fully saturated rings. The van der Waals surface area contributed by atoms with Gasteiger partial charge in [0, 0.05) is 12.1 Å². The van der Waals surface area contributed by atoms with E-state index in [0.717, 1.165) is 0 Å². The van der Waals surface area contributed by atoms with Crippen LogP contribution in [0.4, 0.5) is 5.69 Å². The number of hydrogen-bond acceptors (Lipinski definition) is 5. The van der Waals surface area contributed by atoms with Crippen molar-refractivity contribution < 1.29 is 24.4 Å². The Kier molecular flexibility index (Phi) is 5.45. The van der Waals surface area contributed by atoms with Gasteiger partial charge in [0.15, 0.2) is 6.61 Å². The molecule has 0 heterocycles. The molecule has 1 amide bonds. The number of nitro groups is 1. The molecule has 1 aromatic carbocycles. The second-order valence-electron chi connectivity index (χ2n) is 3.91. The third kappa shape index (κ3) is 4.56. The number of carboxylic acids is 1. The highest BCUT2D eigenvalue weighted by Crippen LogP contribution is 2.17. The Bertz CT molecular complexity index is 499. The van der Waals surface area contributed by atoms with Crippen molar-refractivity contribution in [1.29, 1.82) is 0 Å². The van der Waals surface area contributed by atoms with E-state index in [-0.39, 0.29) is 24.5 Å². The highest BCUT2D eigenvalue weighted by molar-refractivity contribution is 5.84. The third-order valence-corrected chi connectivity index (χ3v) is 2.46. The van der Waals surface area contributed by atoms with Gasteiger partial charge in [-0.25, -0.2) is 4.79 Å². The van der Waals surface area contributed by atoms with Crippen molar-refractivity contribution in [2.75, 3.05) is 6.61 Å². The number of benzene rings is 1. The monoisotopic (exact) mass is 282 g/mol. The Hall–Kier alpha value is -2.64. The van der Waals surface area contributed by atoms with Crippen molar-refractivity contribution >= 4 is 17.6 Å². The third-order valence-electron chi connectivity index (χ3n) is 2.46. The van der Waals surface area contributed by atoms with Gasteiger partial charge in [-0.3, -0.25) is 14.9 Å². The molecule has 0 aliphatic carbocycles. The fourth-order valence-electron chi connectivity index (χ4n) is 1.39. The maximum atomic E-state index is 11.5. The number of carbonyl (C=O) groups excluding carboxylic acids is 1. The van der Waals surface area contributed by atoms with E-state index >= 15 is 0 Å². The summed E-state index contributed by atoms with van der Waals surface area (Å²) in [5.74, 6) is -1.40. The van der Waals surface area contributed by atoms with Gasteiger partial charge in [0.05, 0.1) is 4.92 Å². The van der Waals surface area contributed by atoms with E-state index in [2.05, 4.69) is 5.32 Å². The lowest BCUT2D eigenvalue weighted by molar-refractivity contribution is -0.384. The van der Waals surface area contributed by atoms with Crippen molar-refractivity contribution in [1.82, 2.24) is 5.32 Å². The smallest absolute Gasteiger partial charge is 0.326 e. The van der Waals surface area contributed by atoms with E-state index in [1.807, 2.05) is 0 Å². The zero-order valence-corrected chi connectivity index (χ0v) is 10.7. The minimum absolute atomic E-state index is 0.0845. The number of nitrogens with one attached hydrogen (secondary N) is 1. The van der Waals surface area contributed by atoms with Crippen LogP contribution in [0.15, 0.2) is 24.3 Å². The first kappa shape index (κ1) is 15.4. The van der Waals surface area contributed by atoms with Crippen LogP contribution in [0.5, 0.6) is 5.75 Å². The summed E-state index contributed by atoms with van der Waals surface area (Å²) in [6, 6.07) is 4.27. The molecule has 8 heteroatoms. The average molecular weight is 282 g/mol. The summed E-state index contributed by atoms with van der Waals surface area (Å²) in [5, 5.41) is 21.5. The molecule has 1 rings (SSSR count). The SMILES string of the molecule is CC[C@@H](NC(=O)COc1ccc([N+](=O)[O-])cc1)C(=O)O. The normalized spacial score (nSPS) is 11.4. The molecule has 0 unspecified atom stereocenters. The van der Waals surface area contributed by atoms with Gasteiger partial charge in [-0.2, -0.15) is 0 Å². The van der Waals surface area contributed by atoms with Gasteiger partial charge in [0.25, 0.3) is 11.6 Å². The molecule has 2 N–H and O–H groups in total. The molecule has 0 saturated heterocycles. The quantitative estimate of drug-likeness (QED) is 0.567. The lowest BCUT2D eigenvalue weighted by atomic mass is 10.2. The van der Waals surface area contributed by atoms with Crippen molar-refractivity contribution in [2.24, 2.45) is 0 Å². The molecule has 0 spiro atoms. The van der Waals surface area contributed by atoms with E-state index < -0.39 is 22.8 Å². The second-order valence-corrected chi connectivity index (χ2v) is 3.91. The summed E-state index contributed by atoms with van der Waals surface area (Å²) in [5.41, 5.74) is -0.0845. The lowest BCUT2D eigenvalue weighted by Crippen LogP contribution is -2.42. The van der Waals surface area contributed by atoms with E-state index in [9.17, 15) is 19.7 Å². The molecule has 0 aromatic heterocycles. The number of aliphatic carboxylic acids is 1. The topological polar surface area (TPSA) is 119 Å². The van der Waals surface area contributed by atoms with Crippen LogP contribution in [0.1, 0.15) is 13.3 Å². The Morgan fingerprint density at radius 2 is 2.00 bits per heavy atom. The summed E-state index contributed by atoms with van der Waals surface area (Å²) in [6.07, 6.45) is 0.263. The number of carbonyl (C=O) groups is 2. The van der Waals surface area contributed by atoms with E-state index in [1.54, 1.807) is 6.92 Å². The zero-order valence-electron chi connectivity index (χ0n) is 10.7. The Labute approximate surface area is 114 Å². The van der Waals surface area contributed by atoms with Crippen molar-refractivity contribution in [3.63, 3.8) is 0 Å². The summed E-state index contributed by atoms with van der Waals surface area (Å²) >= 11 is 0. The number of carboxylic acid groups (broad SMARTS) is 1. The van der Waals surface area contributed by atoms with Gasteiger partial charge in [-0.05, 0) is 18.6 Å². The first-order chi connectivity index (χ1) is 9.43. The molecule has 0 radical (unpaired) electrons. The highest BCUT2D eigenvalue weighted by Gasteiger charge is 2.17. The number of amides is 1. The lowest BCUT2D eigenvalue weighted by Gasteiger charge is -2.12. The first-order valence-electron chi connectivity index (χ1n) is 5.83. The molecular weight excluding hydrogens is 268 g/mol. The van der Waals surface area contributed by atoms with Gasteiger partial charge in [0.1, 0.15) is 11.8 Å². The number of non-ortho nitro benzene ring substituents is 1. The standard InChI is InChI=1S/C12H14N2O6/c1-2-10(12(16)17)13-11(15)7-20-9-5-3-8(4-6-9)14(18)19/h3-6,10H,2,7H2,1H3,(H,13,15)(H,16,17)/t10-/m1/s1. The summed E-state index contributed by atoms with van der Waals surface area (Å²) in [6.45, 7) is 1.28. The van der Waals surface area contributed by atoms with Crippen molar-refractivity contribution in [2.45, 2.75) is 19.4 Å². The largest absolute Gasteiger partial charge is 0.484 e. The number of ether oxygens (including phenoxy) is 1. The predicted molar refractivity (Wildman–Crippen MR) is 68.4 cm³/mol. The van der Waals surface area contributed by atoms with Gasteiger partial charge >= 0.3 is 5.97 Å². The van der Waals surface area contributed by atoms with Crippen LogP contribution >= 0.6 is 0 Å². The second kappa shape index (κ2) is 7.07. The maximum absolute atomic E-state index is 11.5. The fourth-order valence-corrected chi connectivity index (χ4v) is 1.39. The molecule has 0 bridgehead atoms. The summed E-state index contributed by atoms with van der Waals surface area (Å²) < 4.78 is 5.10. The molecule has 20 heavy (non-hydrogen) atoms. The minimum Gasteiger partial charge on any atom is -0.484 e. The van der Waals surface area contributed by atoms with Crippen molar-refractivity contribution in [3.8, 4) is 5.75 Å². The van der Waals surface area contributed by atoms with Crippen LogP contribution in [-0.4, -0.2) is 34.6 Å². The highest BCUT2D eigenvalue weighted by atomic mass is 16.6. The Balaban J connectivity index is 2.48. The Morgan fingerprint density at radius 3 is 2.45 bits per heavy atom. The van der Waals surface area contributed by atoms with E-state index in [0.29, 0.717) is 0 Å². The summed E-state index contributed by atoms with van der Waals surface area (Å²) in [7, 11) is 0. The first-order valence-corrected chi connectivity index (χ1v) is 5.83. The molecule has 108 valence electrons. The number of nitrogens with zero attached hydrogens (tertiary/aromatic N) is 1. The van der Waals surface area contributed by atoms with Gasteiger partial charge in [-0.1, -0.05) is 6.92 Å². The van der Waals surface area contributed by atoms with Crippen molar-refractivity contribution in [3.05, 3.63) is 34.4 Å². The van der Waals surface area contributed by atoms with Crippen LogP contribution in [0, 0.1) is 10.1 Å².